The lowest BCUT2D eigenvalue weighted by Crippen LogP contribution is -2.29. The lowest BCUT2D eigenvalue weighted by molar-refractivity contribution is -0.121. The zero-order valence-electron chi connectivity index (χ0n) is 14.4. The van der Waals surface area contributed by atoms with Crippen molar-refractivity contribution in [2.24, 2.45) is 0 Å². The summed E-state index contributed by atoms with van der Waals surface area (Å²) in [6, 6.07) is 0.731. The first-order chi connectivity index (χ1) is 10.5. The monoisotopic (exact) mass is 309 g/mol. The number of hydrogen-bond acceptors (Lipinski definition) is 4. The molecule has 6 heteroatoms. The molecule has 0 aliphatic heterocycles. The van der Waals surface area contributed by atoms with Crippen LogP contribution in [0.4, 0.5) is 0 Å². The number of carbonyl (C=O) groups excluding carboxylic acids is 1. The van der Waals surface area contributed by atoms with Gasteiger partial charge in [0.25, 0.3) is 0 Å². The van der Waals surface area contributed by atoms with Crippen LogP contribution in [0.3, 0.4) is 0 Å². The van der Waals surface area contributed by atoms with Crippen LogP contribution in [0.2, 0.25) is 0 Å². The quantitative estimate of drug-likeness (QED) is 0.613. The van der Waals surface area contributed by atoms with E-state index in [0.29, 0.717) is 12.5 Å². The molecule has 0 aromatic carbocycles. The fraction of sp³-hybridized carbons (Fsp3) is 0.812. The normalized spacial score (nSPS) is 11.4. The molecule has 0 atom stereocenters. The molecule has 1 aromatic rings. The summed E-state index contributed by atoms with van der Waals surface area (Å²) in [4.78, 5) is 11.5. The van der Waals surface area contributed by atoms with E-state index in [4.69, 9.17) is 0 Å². The Morgan fingerprint density at radius 3 is 2.64 bits per heavy atom. The molecule has 0 aliphatic carbocycles. The molecule has 0 saturated heterocycles. The predicted octanol–water partition coefficient (Wildman–Crippen LogP) is 1.90. The summed E-state index contributed by atoms with van der Waals surface area (Å²) >= 11 is 0. The number of aryl methyl sites for hydroxylation is 1. The van der Waals surface area contributed by atoms with Gasteiger partial charge in [-0.15, -0.1) is 5.10 Å². The minimum atomic E-state index is 0.149. The summed E-state index contributed by atoms with van der Waals surface area (Å²) in [6.45, 7) is 10.0. The smallest absolute Gasteiger partial charge is 0.220 e. The fourth-order valence-corrected chi connectivity index (χ4v) is 2.18. The Balaban J connectivity index is 2.10. The van der Waals surface area contributed by atoms with E-state index >= 15 is 0 Å². The second-order valence-electron chi connectivity index (χ2n) is 6.36. The van der Waals surface area contributed by atoms with Crippen molar-refractivity contribution < 1.29 is 4.79 Å². The number of unbranched alkanes of at least 4 members (excludes halogenated alkanes) is 2. The van der Waals surface area contributed by atoms with Gasteiger partial charge in [0, 0.05) is 44.2 Å². The molecule has 0 saturated carbocycles. The number of nitrogens with zero attached hydrogens (tertiary/aromatic N) is 3. The van der Waals surface area contributed by atoms with Gasteiger partial charge < -0.3 is 10.6 Å². The summed E-state index contributed by atoms with van der Waals surface area (Å²) < 4.78 is 1.90. The average Bonchev–Trinajstić information content (AvgIpc) is 2.85. The molecule has 0 aliphatic rings. The standard InChI is InChI=1S/C16H31N5O/c1-13(2)17-10-9-15-12-21(20-19-15)11-7-5-6-8-16(22)18-14(3)4/h12-14,17H,5-11H2,1-4H3,(H,18,22). The fourth-order valence-electron chi connectivity index (χ4n) is 2.18. The molecule has 2 N–H and O–H groups in total. The third-order valence-electron chi connectivity index (χ3n) is 3.26. The van der Waals surface area contributed by atoms with Gasteiger partial charge >= 0.3 is 0 Å². The van der Waals surface area contributed by atoms with Gasteiger partial charge in [-0.2, -0.15) is 0 Å². The van der Waals surface area contributed by atoms with E-state index in [1.165, 1.54) is 0 Å². The highest BCUT2D eigenvalue weighted by Crippen LogP contribution is 2.03. The van der Waals surface area contributed by atoms with Gasteiger partial charge in [0.15, 0.2) is 0 Å². The van der Waals surface area contributed by atoms with Crippen molar-refractivity contribution in [2.75, 3.05) is 6.54 Å². The molecule has 1 aromatic heterocycles. The number of rotatable bonds is 11. The first-order valence-corrected chi connectivity index (χ1v) is 8.39. The first-order valence-electron chi connectivity index (χ1n) is 8.39. The number of aromatic nitrogens is 3. The van der Waals surface area contributed by atoms with Gasteiger partial charge in [-0.05, 0) is 26.7 Å². The SMILES string of the molecule is CC(C)NCCc1cn(CCCCCC(=O)NC(C)C)nn1. The molecular formula is C16H31N5O. The molecule has 1 amide bonds. The van der Waals surface area contributed by atoms with Crippen molar-refractivity contribution in [1.29, 1.82) is 0 Å². The Kier molecular flexibility index (Phi) is 8.74. The van der Waals surface area contributed by atoms with Crippen LogP contribution in [0, 0.1) is 0 Å². The van der Waals surface area contributed by atoms with E-state index < -0.39 is 0 Å². The van der Waals surface area contributed by atoms with E-state index in [1.807, 2.05) is 24.7 Å². The molecule has 6 nitrogen and oxygen atoms in total. The van der Waals surface area contributed by atoms with Crippen molar-refractivity contribution in [3.63, 3.8) is 0 Å². The van der Waals surface area contributed by atoms with E-state index in [9.17, 15) is 4.79 Å². The Bertz CT molecular complexity index is 428. The van der Waals surface area contributed by atoms with Crippen LogP contribution in [0.1, 0.15) is 59.1 Å². The van der Waals surface area contributed by atoms with Gasteiger partial charge in [-0.25, -0.2) is 0 Å². The van der Waals surface area contributed by atoms with Crippen molar-refractivity contribution in [3.8, 4) is 0 Å². The first kappa shape index (κ1) is 18.6. The van der Waals surface area contributed by atoms with E-state index in [0.717, 1.165) is 44.5 Å². The third kappa shape index (κ3) is 8.77. The minimum Gasteiger partial charge on any atom is -0.354 e. The van der Waals surface area contributed by atoms with Crippen LogP contribution in [-0.4, -0.2) is 39.5 Å². The number of hydrogen-bond donors (Lipinski definition) is 2. The highest BCUT2D eigenvalue weighted by atomic mass is 16.1. The van der Waals surface area contributed by atoms with E-state index in [2.05, 4.69) is 34.8 Å². The molecule has 0 radical (unpaired) electrons. The Hall–Kier alpha value is -1.43. The van der Waals surface area contributed by atoms with Gasteiger partial charge in [0.2, 0.25) is 5.91 Å². The van der Waals surface area contributed by atoms with Crippen LogP contribution >= 0.6 is 0 Å². The van der Waals surface area contributed by atoms with E-state index in [-0.39, 0.29) is 11.9 Å². The van der Waals surface area contributed by atoms with Gasteiger partial charge in [-0.3, -0.25) is 9.48 Å². The Morgan fingerprint density at radius 2 is 1.95 bits per heavy atom. The summed E-state index contributed by atoms with van der Waals surface area (Å²) in [6.07, 6.45) is 6.54. The second kappa shape index (κ2) is 10.3. The van der Waals surface area contributed by atoms with Crippen LogP contribution in [0.5, 0.6) is 0 Å². The van der Waals surface area contributed by atoms with Crippen LogP contribution in [0.15, 0.2) is 6.20 Å². The maximum absolute atomic E-state index is 11.5. The summed E-state index contributed by atoms with van der Waals surface area (Å²) in [7, 11) is 0. The summed E-state index contributed by atoms with van der Waals surface area (Å²) in [5.41, 5.74) is 1.03. The molecule has 0 bridgehead atoms. The average molecular weight is 309 g/mol. The number of carbonyl (C=O) groups is 1. The van der Waals surface area contributed by atoms with Crippen LogP contribution in [-0.2, 0) is 17.8 Å². The van der Waals surface area contributed by atoms with Crippen molar-refractivity contribution in [2.45, 2.75) is 78.4 Å². The van der Waals surface area contributed by atoms with Crippen molar-refractivity contribution in [1.82, 2.24) is 25.6 Å². The minimum absolute atomic E-state index is 0.149. The number of nitrogens with one attached hydrogen (secondary N) is 2. The molecule has 0 spiro atoms. The van der Waals surface area contributed by atoms with Crippen molar-refractivity contribution >= 4 is 5.91 Å². The molecule has 22 heavy (non-hydrogen) atoms. The Labute approximate surface area is 134 Å². The molecule has 1 rings (SSSR count). The van der Waals surface area contributed by atoms with E-state index in [1.54, 1.807) is 0 Å². The van der Waals surface area contributed by atoms with Gasteiger partial charge in [0.1, 0.15) is 0 Å². The van der Waals surface area contributed by atoms with Gasteiger partial charge in [0.05, 0.1) is 5.69 Å². The third-order valence-corrected chi connectivity index (χ3v) is 3.26. The predicted molar refractivity (Wildman–Crippen MR) is 88.6 cm³/mol. The molecule has 126 valence electrons. The lowest BCUT2D eigenvalue weighted by atomic mass is 10.2. The highest BCUT2D eigenvalue weighted by Gasteiger charge is 2.04. The molecule has 0 unspecified atom stereocenters. The Morgan fingerprint density at radius 1 is 1.18 bits per heavy atom. The molecule has 1 heterocycles. The maximum Gasteiger partial charge on any atom is 0.220 e. The topological polar surface area (TPSA) is 71.8 Å². The second-order valence-corrected chi connectivity index (χ2v) is 6.36. The largest absolute Gasteiger partial charge is 0.354 e. The molecule has 0 fully saturated rings. The highest BCUT2D eigenvalue weighted by molar-refractivity contribution is 5.76. The molecular weight excluding hydrogens is 278 g/mol. The summed E-state index contributed by atoms with van der Waals surface area (Å²) in [5, 5.41) is 14.6. The maximum atomic E-state index is 11.5. The number of amides is 1. The zero-order chi connectivity index (χ0) is 16.4. The lowest BCUT2D eigenvalue weighted by Gasteiger charge is -2.07. The van der Waals surface area contributed by atoms with Crippen LogP contribution in [0.25, 0.3) is 0 Å². The van der Waals surface area contributed by atoms with Crippen LogP contribution < -0.4 is 10.6 Å². The van der Waals surface area contributed by atoms with Crippen molar-refractivity contribution in [3.05, 3.63) is 11.9 Å². The zero-order valence-corrected chi connectivity index (χ0v) is 14.4. The summed E-state index contributed by atoms with van der Waals surface area (Å²) in [5.74, 6) is 0.149. The van der Waals surface area contributed by atoms with Gasteiger partial charge in [-0.1, -0.05) is 25.5 Å².